The molecule has 1 atom stereocenters. The third-order valence-electron chi connectivity index (χ3n) is 5.65. The van der Waals surface area contributed by atoms with Gasteiger partial charge in [-0.2, -0.15) is 15.0 Å². The second-order valence-electron chi connectivity index (χ2n) is 7.97. The van der Waals surface area contributed by atoms with Gasteiger partial charge in [0.25, 0.3) is 5.56 Å². The summed E-state index contributed by atoms with van der Waals surface area (Å²) in [6.45, 7) is 2.40. The van der Waals surface area contributed by atoms with Crippen LogP contribution in [0.25, 0.3) is 10.2 Å². The predicted molar refractivity (Wildman–Crippen MR) is 125 cm³/mol. The van der Waals surface area contributed by atoms with Crippen LogP contribution in [-0.4, -0.2) is 31.6 Å². The van der Waals surface area contributed by atoms with Gasteiger partial charge in [-0.05, 0) is 42.9 Å². The number of rotatable bonds is 5. The van der Waals surface area contributed by atoms with Crippen molar-refractivity contribution in [2.75, 3.05) is 18.2 Å². The first-order chi connectivity index (χ1) is 15.5. The first-order valence-corrected chi connectivity index (χ1v) is 11.2. The molecule has 0 aliphatic heterocycles. The van der Waals surface area contributed by atoms with E-state index in [2.05, 4.69) is 32.2 Å². The minimum Gasteiger partial charge on any atom is -0.495 e. The van der Waals surface area contributed by atoms with Crippen molar-refractivity contribution in [2.45, 2.75) is 32.7 Å². The van der Waals surface area contributed by atoms with Crippen LogP contribution < -0.4 is 21.3 Å². The Balaban J connectivity index is 1.48. The highest BCUT2D eigenvalue weighted by Crippen LogP contribution is 2.35. The number of methoxy groups -OCH3 is 1. The number of nitrogens with one attached hydrogen (secondary N) is 1. The summed E-state index contributed by atoms with van der Waals surface area (Å²) in [5.74, 6) is 2.00. The normalized spacial score (nSPS) is 15.5. The van der Waals surface area contributed by atoms with E-state index in [1.807, 2.05) is 24.3 Å². The monoisotopic (exact) mass is 449 g/mol. The van der Waals surface area contributed by atoms with Gasteiger partial charge >= 0.3 is 0 Å². The zero-order valence-corrected chi connectivity index (χ0v) is 18.6. The third-order valence-corrected chi connectivity index (χ3v) is 6.81. The summed E-state index contributed by atoms with van der Waals surface area (Å²) in [6.07, 6.45) is 4.58. The van der Waals surface area contributed by atoms with Crippen molar-refractivity contribution in [3.8, 4) is 5.75 Å². The lowest BCUT2D eigenvalue weighted by atomic mass is 9.89. The number of thiophene rings is 1. The molecule has 1 aliphatic carbocycles. The van der Waals surface area contributed by atoms with E-state index in [9.17, 15) is 4.79 Å². The summed E-state index contributed by atoms with van der Waals surface area (Å²) in [7, 11) is 1.59. The van der Waals surface area contributed by atoms with Gasteiger partial charge in [0, 0.05) is 4.88 Å². The van der Waals surface area contributed by atoms with Crippen LogP contribution in [0.1, 0.15) is 29.6 Å². The highest BCUT2D eigenvalue weighted by molar-refractivity contribution is 7.18. The van der Waals surface area contributed by atoms with Crippen LogP contribution in [0, 0.1) is 5.92 Å². The number of fused-ring (bicyclic) bond motifs is 3. The van der Waals surface area contributed by atoms with Gasteiger partial charge in [0.15, 0.2) is 5.82 Å². The molecule has 5 rings (SSSR count). The van der Waals surface area contributed by atoms with Crippen LogP contribution in [-0.2, 0) is 19.4 Å². The SMILES string of the molecule is COc1ccccc1Nc1nc(N)nc(Cn2cnc3sc4c(c3c2=O)CC[C@H](C)C4)n1. The van der Waals surface area contributed by atoms with Crippen molar-refractivity contribution in [3.63, 3.8) is 0 Å². The number of nitrogens with two attached hydrogens (primary N) is 1. The fourth-order valence-electron chi connectivity index (χ4n) is 4.06. The molecule has 3 aromatic heterocycles. The molecule has 10 heteroatoms. The van der Waals surface area contributed by atoms with Crippen LogP contribution in [0.5, 0.6) is 5.75 Å². The lowest BCUT2D eigenvalue weighted by Gasteiger charge is -2.17. The van der Waals surface area contributed by atoms with Crippen molar-refractivity contribution in [2.24, 2.45) is 5.92 Å². The van der Waals surface area contributed by atoms with Crippen molar-refractivity contribution < 1.29 is 4.74 Å². The van der Waals surface area contributed by atoms with E-state index in [1.165, 1.54) is 9.44 Å². The number of anilines is 3. The molecular formula is C22H23N7O2S. The van der Waals surface area contributed by atoms with E-state index in [0.717, 1.165) is 35.0 Å². The molecular weight excluding hydrogens is 426 g/mol. The Kier molecular flexibility index (Phi) is 5.22. The maximum Gasteiger partial charge on any atom is 0.262 e. The third kappa shape index (κ3) is 3.77. The first kappa shape index (κ1) is 20.4. The summed E-state index contributed by atoms with van der Waals surface area (Å²) in [4.78, 5) is 32.8. The Bertz CT molecular complexity index is 1360. The summed E-state index contributed by atoms with van der Waals surface area (Å²) in [5, 5.41) is 3.84. The molecule has 164 valence electrons. The Morgan fingerprint density at radius 3 is 2.97 bits per heavy atom. The highest BCUT2D eigenvalue weighted by atomic mass is 32.1. The molecule has 0 saturated heterocycles. The van der Waals surface area contributed by atoms with Gasteiger partial charge in [-0.3, -0.25) is 9.36 Å². The van der Waals surface area contributed by atoms with Crippen LogP contribution in [0.3, 0.4) is 0 Å². The molecule has 1 aliphatic rings. The van der Waals surface area contributed by atoms with Crippen molar-refractivity contribution in [1.29, 1.82) is 0 Å². The Labute approximate surface area is 188 Å². The van der Waals surface area contributed by atoms with E-state index in [1.54, 1.807) is 24.8 Å². The number of nitrogens with zero attached hydrogens (tertiary/aromatic N) is 5. The maximum atomic E-state index is 13.3. The Morgan fingerprint density at radius 1 is 1.28 bits per heavy atom. The molecule has 9 nitrogen and oxygen atoms in total. The molecule has 0 saturated carbocycles. The number of hydrogen-bond acceptors (Lipinski definition) is 9. The molecule has 1 aromatic carbocycles. The predicted octanol–water partition coefficient (Wildman–Crippen LogP) is 3.15. The number of hydrogen-bond donors (Lipinski definition) is 2. The van der Waals surface area contributed by atoms with Gasteiger partial charge in [-0.1, -0.05) is 19.1 Å². The average molecular weight is 450 g/mol. The van der Waals surface area contributed by atoms with Crippen LogP contribution in [0.4, 0.5) is 17.6 Å². The van der Waals surface area contributed by atoms with Gasteiger partial charge in [0.2, 0.25) is 11.9 Å². The summed E-state index contributed by atoms with van der Waals surface area (Å²) < 4.78 is 6.89. The standard InChI is InChI=1S/C22H23N7O2S/c1-12-7-8-13-16(9-12)32-19-18(13)20(30)29(11-24-19)10-17-26-21(23)28-22(27-17)25-14-5-3-4-6-15(14)31-2/h3-6,11-12H,7-10H2,1-2H3,(H3,23,25,26,27,28)/t12-/m0/s1. The van der Waals surface area contributed by atoms with Gasteiger partial charge in [-0.15, -0.1) is 11.3 Å². The molecule has 3 heterocycles. The first-order valence-electron chi connectivity index (χ1n) is 10.4. The number of ether oxygens (including phenoxy) is 1. The molecule has 0 amide bonds. The average Bonchev–Trinajstić information content (AvgIpc) is 3.14. The Hall–Kier alpha value is -3.53. The lowest BCUT2D eigenvalue weighted by Crippen LogP contribution is -2.23. The molecule has 0 radical (unpaired) electrons. The number of aromatic nitrogens is 5. The summed E-state index contributed by atoms with van der Waals surface area (Å²) >= 11 is 1.63. The zero-order chi connectivity index (χ0) is 22.2. The molecule has 0 spiro atoms. The molecule has 0 unspecified atom stereocenters. The van der Waals surface area contributed by atoms with Crippen LogP contribution >= 0.6 is 11.3 Å². The second-order valence-corrected chi connectivity index (χ2v) is 9.05. The number of benzene rings is 1. The van der Waals surface area contributed by atoms with Gasteiger partial charge in [-0.25, -0.2) is 4.98 Å². The lowest BCUT2D eigenvalue weighted by molar-refractivity contribution is 0.417. The smallest absolute Gasteiger partial charge is 0.262 e. The van der Waals surface area contributed by atoms with Crippen molar-refractivity contribution in [1.82, 2.24) is 24.5 Å². The van der Waals surface area contributed by atoms with Gasteiger partial charge in [0.05, 0.1) is 31.1 Å². The van der Waals surface area contributed by atoms with Gasteiger partial charge < -0.3 is 15.8 Å². The summed E-state index contributed by atoms with van der Waals surface area (Å²) in [5.41, 5.74) is 7.71. The topological polar surface area (TPSA) is 121 Å². The van der Waals surface area contributed by atoms with E-state index < -0.39 is 0 Å². The zero-order valence-electron chi connectivity index (χ0n) is 17.8. The molecule has 0 bridgehead atoms. The fourth-order valence-corrected chi connectivity index (χ4v) is 5.40. The quantitative estimate of drug-likeness (QED) is 0.477. The Morgan fingerprint density at radius 2 is 2.12 bits per heavy atom. The number of para-hydroxylation sites is 2. The fraction of sp³-hybridized carbons (Fsp3) is 0.318. The van der Waals surface area contributed by atoms with E-state index >= 15 is 0 Å². The summed E-state index contributed by atoms with van der Waals surface area (Å²) in [6, 6.07) is 7.42. The van der Waals surface area contributed by atoms with E-state index in [-0.39, 0.29) is 24.0 Å². The van der Waals surface area contributed by atoms with Crippen LogP contribution in [0.15, 0.2) is 35.4 Å². The molecule has 0 fully saturated rings. The van der Waals surface area contributed by atoms with Crippen molar-refractivity contribution in [3.05, 3.63) is 57.2 Å². The molecule has 3 N–H and O–H groups in total. The minimum atomic E-state index is -0.0692. The maximum absolute atomic E-state index is 13.3. The van der Waals surface area contributed by atoms with Gasteiger partial charge in [0.1, 0.15) is 10.6 Å². The number of aryl methyl sites for hydroxylation is 1. The second kappa shape index (κ2) is 8.19. The minimum absolute atomic E-state index is 0.0661. The molecule has 32 heavy (non-hydrogen) atoms. The number of nitrogen functional groups attached to an aromatic ring is 1. The van der Waals surface area contributed by atoms with Crippen molar-refractivity contribution >= 4 is 39.1 Å². The molecule has 4 aromatic rings. The van der Waals surface area contributed by atoms with E-state index in [0.29, 0.717) is 23.2 Å². The van der Waals surface area contributed by atoms with E-state index in [4.69, 9.17) is 10.5 Å². The van der Waals surface area contributed by atoms with Crippen LogP contribution in [0.2, 0.25) is 0 Å². The highest BCUT2D eigenvalue weighted by Gasteiger charge is 2.23. The largest absolute Gasteiger partial charge is 0.495 e.